The maximum absolute atomic E-state index is 13.0. The predicted molar refractivity (Wildman–Crippen MR) is 121 cm³/mol. The van der Waals surface area contributed by atoms with Crippen LogP contribution in [0.4, 0.5) is 0 Å². The first kappa shape index (κ1) is 18.6. The zero-order valence-corrected chi connectivity index (χ0v) is 17.1. The zero-order chi connectivity index (χ0) is 20.5. The third-order valence-electron chi connectivity index (χ3n) is 6.07. The van der Waals surface area contributed by atoms with Crippen LogP contribution in [0.3, 0.4) is 0 Å². The largest absolute Gasteiger partial charge is 0.339 e. The summed E-state index contributed by atoms with van der Waals surface area (Å²) in [6.07, 6.45) is 4.05. The number of nitrogens with one attached hydrogen (secondary N) is 1. The van der Waals surface area contributed by atoms with Crippen LogP contribution in [0.15, 0.2) is 72.9 Å². The molecule has 1 saturated heterocycles. The molecule has 1 fully saturated rings. The Kier molecular flexibility index (Phi) is 4.83. The van der Waals surface area contributed by atoms with Gasteiger partial charge in [-0.25, -0.2) is 4.98 Å². The van der Waals surface area contributed by atoms with Crippen molar-refractivity contribution in [2.24, 2.45) is 5.92 Å². The number of amides is 1. The number of aromatic amines is 1. The van der Waals surface area contributed by atoms with E-state index in [2.05, 4.69) is 41.2 Å². The molecule has 1 amide bonds. The highest BCUT2D eigenvalue weighted by Gasteiger charge is 2.21. The van der Waals surface area contributed by atoms with E-state index in [4.69, 9.17) is 0 Å². The van der Waals surface area contributed by atoms with Crippen LogP contribution >= 0.6 is 0 Å². The minimum Gasteiger partial charge on any atom is -0.339 e. The quantitative estimate of drug-likeness (QED) is 0.479. The molecule has 4 heteroatoms. The standard InChI is InChI=1S/C26H25N3O/c1-18-10-12-29(13-11-18)26(30)21-9-5-8-20(14-21)23-15-22-16-24(28-25(22)27-17-23)19-6-3-2-4-7-19/h2-9,14-18H,10-13H2,1H3,(H,27,28). The van der Waals surface area contributed by atoms with E-state index >= 15 is 0 Å². The van der Waals surface area contributed by atoms with Gasteiger partial charge in [0.2, 0.25) is 0 Å². The molecule has 1 aliphatic heterocycles. The summed E-state index contributed by atoms with van der Waals surface area (Å²) in [5.41, 5.74) is 5.85. The molecular formula is C26H25N3O. The number of pyridine rings is 1. The summed E-state index contributed by atoms with van der Waals surface area (Å²) in [6, 6.07) is 22.4. The molecule has 2 aromatic heterocycles. The molecule has 0 radical (unpaired) electrons. The van der Waals surface area contributed by atoms with Crippen LogP contribution in [0.5, 0.6) is 0 Å². The van der Waals surface area contributed by atoms with E-state index in [0.717, 1.165) is 64.9 Å². The van der Waals surface area contributed by atoms with Crippen LogP contribution < -0.4 is 0 Å². The van der Waals surface area contributed by atoms with E-state index in [1.807, 2.05) is 53.6 Å². The SMILES string of the molecule is CC1CCN(C(=O)c2cccc(-c3cnc4[nH]c(-c5ccccc5)cc4c3)c2)CC1. The summed E-state index contributed by atoms with van der Waals surface area (Å²) in [4.78, 5) is 23.0. The van der Waals surface area contributed by atoms with E-state index in [1.54, 1.807) is 0 Å². The normalized spacial score (nSPS) is 14.9. The highest BCUT2D eigenvalue weighted by atomic mass is 16.2. The Bertz CT molecular complexity index is 1190. The lowest BCUT2D eigenvalue weighted by molar-refractivity contribution is 0.0697. The Labute approximate surface area is 176 Å². The second kappa shape index (κ2) is 7.79. The molecule has 1 N–H and O–H groups in total. The molecule has 4 nitrogen and oxygen atoms in total. The third kappa shape index (κ3) is 3.61. The maximum Gasteiger partial charge on any atom is 0.253 e. The minimum atomic E-state index is 0.130. The van der Waals surface area contributed by atoms with Gasteiger partial charge in [0, 0.05) is 41.5 Å². The van der Waals surface area contributed by atoms with Gasteiger partial charge in [-0.1, -0.05) is 49.4 Å². The van der Waals surface area contributed by atoms with Crippen molar-refractivity contribution in [3.8, 4) is 22.4 Å². The Balaban J connectivity index is 1.44. The number of likely N-dealkylation sites (tertiary alicyclic amines) is 1. The van der Waals surface area contributed by atoms with Crippen molar-refractivity contribution in [2.75, 3.05) is 13.1 Å². The molecule has 2 aromatic carbocycles. The highest BCUT2D eigenvalue weighted by molar-refractivity contribution is 5.96. The fourth-order valence-electron chi connectivity index (χ4n) is 4.17. The monoisotopic (exact) mass is 395 g/mol. The molecule has 3 heterocycles. The lowest BCUT2D eigenvalue weighted by Crippen LogP contribution is -2.37. The topological polar surface area (TPSA) is 49.0 Å². The molecule has 0 saturated carbocycles. The Morgan fingerprint density at radius 1 is 0.933 bits per heavy atom. The zero-order valence-electron chi connectivity index (χ0n) is 17.1. The number of hydrogen-bond acceptors (Lipinski definition) is 2. The summed E-state index contributed by atoms with van der Waals surface area (Å²) in [5, 5.41) is 1.06. The summed E-state index contributed by atoms with van der Waals surface area (Å²) in [6.45, 7) is 3.96. The lowest BCUT2D eigenvalue weighted by Gasteiger charge is -2.30. The fraction of sp³-hybridized carbons (Fsp3) is 0.231. The molecule has 150 valence electrons. The number of carbonyl (C=O) groups excluding carboxylic acids is 1. The number of carbonyl (C=O) groups is 1. The number of hydrogen-bond donors (Lipinski definition) is 1. The number of benzene rings is 2. The first-order valence-corrected chi connectivity index (χ1v) is 10.6. The average molecular weight is 396 g/mol. The summed E-state index contributed by atoms with van der Waals surface area (Å²) in [5.74, 6) is 0.839. The second-order valence-corrected chi connectivity index (χ2v) is 8.27. The predicted octanol–water partition coefficient (Wildman–Crippen LogP) is 5.77. The molecule has 5 rings (SSSR count). The lowest BCUT2D eigenvalue weighted by atomic mass is 9.98. The van der Waals surface area contributed by atoms with Crippen LogP contribution in [0.25, 0.3) is 33.4 Å². The molecule has 0 unspecified atom stereocenters. The molecule has 4 aromatic rings. The van der Waals surface area contributed by atoms with Crippen molar-refractivity contribution in [2.45, 2.75) is 19.8 Å². The molecule has 30 heavy (non-hydrogen) atoms. The van der Waals surface area contributed by atoms with Crippen molar-refractivity contribution in [3.63, 3.8) is 0 Å². The average Bonchev–Trinajstić information content (AvgIpc) is 3.23. The number of piperidine rings is 1. The molecule has 0 spiro atoms. The molecular weight excluding hydrogens is 370 g/mol. The Morgan fingerprint density at radius 3 is 2.50 bits per heavy atom. The van der Waals surface area contributed by atoms with E-state index in [1.165, 1.54) is 0 Å². The van der Waals surface area contributed by atoms with Gasteiger partial charge in [-0.15, -0.1) is 0 Å². The van der Waals surface area contributed by atoms with Crippen LogP contribution in [-0.2, 0) is 0 Å². The van der Waals surface area contributed by atoms with Gasteiger partial charge in [-0.3, -0.25) is 4.79 Å². The van der Waals surface area contributed by atoms with Crippen molar-refractivity contribution in [3.05, 3.63) is 78.5 Å². The number of fused-ring (bicyclic) bond motifs is 1. The van der Waals surface area contributed by atoms with Crippen LogP contribution in [0.2, 0.25) is 0 Å². The van der Waals surface area contributed by atoms with Gasteiger partial charge in [0.05, 0.1) is 0 Å². The summed E-state index contributed by atoms with van der Waals surface area (Å²) in [7, 11) is 0. The second-order valence-electron chi connectivity index (χ2n) is 8.27. The van der Waals surface area contributed by atoms with E-state index in [0.29, 0.717) is 5.92 Å². The number of nitrogens with zero attached hydrogens (tertiary/aromatic N) is 2. The Morgan fingerprint density at radius 2 is 1.70 bits per heavy atom. The van der Waals surface area contributed by atoms with Crippen molar-refractivity contribution in [1.29, 1.82) is 0 Å². The first-order chi connectivity index (χ1) is 14.7. The van der Waals surface area contributed by atoms with Gasteiger partial charge >= 0.3 is 0 Å². The van der Waals surface area contributed by atoms with Crippen molar-refractivity contribution in [1.82, 2.24) is 14.9 Å². The Hall–Kier alpha value is -3.40. The molecule has 0 aliphatic carbocycles. The maximum atomic E-state index is 13.0. The van der Waals surface area contributed by atoms with Gasteiger partial charge in [0.1, 0.15) is 5.65 Å². The van der Waals surface area contributed by atoms with Crippen LogP contribution in [-0.4, -0.2) is 33.9 Å². The van der Waals surface area contributed by atoms with Gasteiger partial charge in [0.25, 0.3) is 5.91 Å². The van der Waals surface area contributed by atoms with Crippen LogP contribution in [0.1, 0.15) is 30.1 Å². The van der Waals surface area contributed by atoms with Gasteiger partial charge in [-0.2, -0.15) is 0 Å². The molecule has 0 atom stereocenters. The van der Waals surface area contributed by atoms with Gasteiger partial charge in [0.15, 0.2) is 0 Å². The van der Waals surface area contributed by atoms with E-state index in [9.17, 15) is 4.79 Å². The third-order valence-corrected chi connectivity index (χ3v) is 6.07. The summed E-state index contributed by atoms with van der Waals surface area (Å²) < 4.78 is 0. The smallest absolute Gasteiger partial charge is 0.253 e. The van der Waals surface area contributed by atoms with E-state index < -0.39 is 0 Å². The molecule has 0 bridgehead atoms. The van der Waals surface area contributed by atoms with Crippen molar-refractivity contribution >= 4 is 16.9 Å². The van der Waals surface area contributed by atoms with Crippen molar-refractivity contribution < 1.29 is 4.79 Å². The molecule has 1 aliphatic rings. The van der Waals surface area contributed by atoms with Gasteiger partial charge < -0.3 is 9.88 Å². The highest BCUT2D eigenvalue weighted by Crippen LogP contribution is 2.28. The summed E-state index contributed by atoms with van der Waals surface area (Å²) >= 11 is 0. The number of aromatic nitrogens is 2. The number of H-pyrrole nitrogens is 1. The number of rotatable bonds is 3. The van der Waals surface area contributed by atoms with Gasteiger partial charge in [-0.05, 0) is 54.2 Å². The van der Waals surface area contributed by atoms with E-state index in [-0.39, 0.29) is 5.91 Å². The fourth-order valence-corrected chi connectivity index (χ4v) is 4.17. The minimum absolute atomic E-state index is 0.130. The first-order valence-electron chi connectivity index (χ1n) is 10.6. The van der Waals surface area contributed by atoms with Crippen LogP contribution in [0, 0.1) is 5.92 Å².